The predicted octanol–water partition coefficient (Wildman–Crippen LogP) is 4.17. The number of non-ortho nitro benzene ring substituents is 1. The molecule has 1 N–H and O–H groups in total. The Bertz CT molecular complexity index is 734. The molecule has 0 radical (unpaired) electrons. The molecule has 0 saturated heterocycles. The summed E-state index contributed by atoms with van der Waals surface area (Å²) < 4.78 is 15.9. The van der Waals surface area contributed by atoms with Crippen LogP contribution in [0.5, 0.6) is 0 Å². The fraction of sp³-hybridized carbons (Fsp3) is 0.438. The minimum atomic E-state index is -0.646. The smallest absolute Gasteiger partial charge is 0.272 e. The first-order valence-electron chi connectivity index (χ1n) is 7.36. The Morgan fingerprint density at radius 3 is 2.52 bits per heavy atom. The topological polar surface area (TPSA) is 73.0 Å². The molecular formula is C16H21FN4O2. The van der Waals surface area contributed by atoms with Gasteiger partial charge in [0.2, 0.25) is 0 Å². The van der Waals surface area contributed by atoms with Gasteiger partial charge in [-0.3, -0.25) is 14.8 Å². The summed E-state index contributed by atoms with van der Waals surface area (Å²) in [5, 5.41) is 18.2. The van der Waals surface area contributed by atoms with Gasteiger partial charge in [0, 0.05) is 17.8 Å². The van der Waals surface area contributed by atoms with Crippen LogP contribution < -0.4 is 5.32 Å². The minimum Gasteiger partial charge on any atom is -0.376 e. The van der Waals surface area contributed by atoms with Crippen molar-refractivity contribution in [1.29, 1.82) is 0 Å². The van der Waals surface area contributed by atoms with Gasteiger partial charge in [-0.25, -0.2) is 4.39 Å². The van der Waals surface area contributed by atoms with E-state index in [0.717, 1.165) is 17.3 Å². The number of aromatic nitrogens is 2. The number of nitro groups is 1. The Labute approximate surface area is 134 Å². The highest BCUT2D eigenvalue weighted by molar-refractivity contribution is 5.51. The molecule has 0 saturated carbocycles. The quantitative estimate of drug-likeness (QED) is 0.678. The Hall–Kier alpha value is -2.44. The molecule has 0 aliphatic heterocycles. The summed E-state index contributed by atoms with van der Waals surface area (Å²) in [5.41, 5.74) is 1.64. The van der Waals surface area contributed by atoms with Gasteiger partial charge in [-0.15, -0.1) is 0 Å². The predicted molar refractivity (Wildman–Crippen MR) is 87.1 cm³/mol. The maximum atomic E-state index is 14.0. The molecule has 0 aliphatic carbocycles. The number of nitrogens with one attached hydrogen (secondary N) is 1. The summed E-state index contributed by atoms with van der Waals surface area (Å²) in [5.74, 6) is -0.646. The molecule has 7 heteroatoms. The Morgan fingerprint density at radius 1 is 1.39 bits per heavy atom. The molecule has 1 aromatic carbocycles. The van der Waals surface area contributed by atoms with Crippen molar-refractivity contribution in [3.63, 3.8) is 0 Å². The largest absolute Gasteiger partial charge is 0.376 e. The van der Waals surface area contributed by atoms with E-state index in [0.29, 0.717) is 0 Å². The van der Waals surface area contributed by atoms with Gasteiger partial charge in [0.05, 0.1) is 34.0 Å². The van der Waals surface area contributed by atoms with E-state index in [1.54, 1.807) is 0 Å². The first-order chi connectivity index (χ1) is 10.6. The first kappa shape index (κ1) is 16.9. The van der Waals surface area contributed by atoms with E-state index >= 15 is 0 Å². The molecule has 1 unspecified atom stereocenters. The number of hydrogen-bond acceptors (Lipinski definition) is 4. The first-order valence-corrected chi connectivity index (χ1v) is 7.36. The van der Waals surface area contributed by atoms with E-state index in [9.17, 15) is 14.5 Å². The third-order valence-corrected chi connectivity index (χ3v) is 3.63. The van der Waals surface area contributed by atoms with Crippen LogP contribution in [0, 0.1) is 22.9 Å². The van der Waals surface area contributed by atoms with Crippen LogP contribution in [0.1, 0.15) is 45.0 Å². The lowest BCUT2D eigenvalue weighted by atomic mass is 10.1. The zero-order valence-electron chi connectivity index (χ0n) is 13.9. The van der Waals surface area contributed by atoms with Crippen LogP contribution in [0.15, 0.2) is 24.4 Å². The fourth-order valence-electron chi connectivity index (χ4n) is 2.29. The van der Waals surface area contributed by atoms with Gasteiger partial charge in [0.1, 0.15) is 0 Å². The highest BCUT2D eigenvalue weighted by atomic mass is 19.1. The molecule has 0 bridgehead atoms. The van der Waals surface area contributed by atoms with Gasteiger partial charge >= 0.3 is 0 Å². The second-order valence-corrected chi connectivity index (χ2v) is 6.57. The molecule has 0 spiro atoms. The monoisotopic (exact) mass is 320 g/mol. The summed E-state index contributed by atoms with van der Waals surface area (Å²) in [4.78, 5) is 10.0. The third-order valence-electron chi connectivity index (χ3n) is 3.63. The molecule has 1 heterocycles. The zero-order valence-corrected chi connectivity index (χ0v) is 13.9. The van der Waals surface area contributed by atoms with E-state index in [-0.39, 0.29) is 23.0 Å². The molecule has 0 aliphatic rings. The van der Waals surface area contributed by atoms with E-state index in [1.165, 1.54) is 12.1 Å². The number of hydrogen-bond donors (Lipinski definition) is 1. The summed E-state index contributed by atoms with van der Waals surface area (Å²) in [7, 11) is 0. The molecule has 2 rings (SSSR count). The minimum absolute atomic E-state index is 0.138. The van der Waals surface area contributed by atoms with Crippen LogP contribution in [0.3, 0.4) is 0 Å². The van der Waals surface area contributed by atoms with Crippen LogP contribution in [0.2, 0.25) is 0 Å². The van der Waals surface area contributed by atoms with Crippen molar-refractivity contribution in [3.05, 3.63) is 51.6 Å². The number of nitrogens with zero attached hydrogens (tertiary/aromatic N) is 3. The lowest BCUT2D eigenvalue weighted by molar-refractivity contribution is -0.385. The van der Waals surface area contributed by atoms with Gasteiger partial charge in [-0.05, 0) is 40.7 Å². The van der Waals surface area contributed by atoms with Gasteiger partial charge < -0.3 is 5.32 Å². The standard InChI is InChI=1S/C16H21FN4O2/c1-10(13-9-20(16(3,4)5)19-11(13)2)18-15-7-6-12(21(22)23)8-14(15)17/h6-10,18H,1-5H3. The molecule has 2 aromatic rings. The Morgan fingerprint density at radius 2 is 2.04 bits per heavy atom. The Kier molecular flexibility index (Phi) is 4.40. The van der Waals surface area contributed by atoms with Crippen molar-refractivity contribution in [3.8, 4) is 0 Å². The van der Waals surface area contributed by atoms with Gasteiger partial charge in [-0.1, -0.05) is 0 Å². The maximum Gasteiger partial charge on any atom is 0.272 e. The van der Waals surface area contributed by atoms with E-state index in [4.69, 9.17) is 0 Å². The van der Waals surface area contributed by atoms with Crippen LogP contribution in [0.25, 0.3) is 0 Å². The fourth-order valence-corrected chi connectivity index (χ4v) is 2.29. The average molecular weight is 320 g/mol. The summed E-state index contributed by atoms with van der Waals surface area (Å²) in [6, 6.07) is 3.40. The number of aryl methyl sites for hydroxylation is 1. The molecule has 0 amide bonds. The van der Waals surface area contributed by atoms with E-state index < -0.39 is 10.7 Å². The van der Waals surface area contributed by atoms with Gasteiger partial charge in [-0.2, -0.15) is 5.10 Å². The second kappa shape index (κ2) is 5.98. The summed E-state index contributed by atoms with van der Waals surface area (Å²) in [6.45, 7) is 9.96. The van der Waals surface area contributed by atoms with E-state index in [1.807, 2.05) is 24.7 Å². The summed E-state index contributed by atoms with van der Waals surface area (Å²) in [6.07, 6.45) is 1.94. The molecule has 124 valence electrons. The molecule has 1 aromatic heterocycles. The average Bonchev–Trinajstić information content (AvgIpc) is 2.83. The normalized spacial score (nSPS) is 13.0. The highest BCUT2D eigenvalue weighted by Gasteiger charge is 2.20. The molecule has 23 heavy (non-hydrogen) atoms. The van der Waals surface area contributed by atoms with Crippen LogP contribution >= 0.6 is 0 Å². The number of rotatable bonds is 4. The second-order valence-electron chi connectivity index (χ2n) is 6.57. The van der Waals surface area contributed by atoms with Crippen molar-refractivity contribution >= 4 is 11.4 Å². The number of halogens is 1. The molecule has 0 fully saturated rings. The molecule has 1 atom stereocenters. The lowest BCUT2D eigenvalue weighted by Crippen LogP contribution is -2.22. The van der Waals surface area contributed by atoms with Crippen molar-refractivity contribution in [2.24, 2.45) is 0 Å². The molecule has 6 nitrogen and oxygen atoms in total. The number of anilines is 1. The van der Waals surface area contributed by atoms with Crippen molar-refractivity contribution in [2.45, 2.75) is 46.2 Å². The zero-order chi connectivity index (χ0) is 17.4. The highest BCUT2D eigenvalue weighted by Crippen LogP contribution is 2.27. The summed E-state index contributed by atoms with van der Waals surface area (Å²) >= 11 is 0. The van der Waals surface area contributed by atoms with Gasteiger partial charge in [0.15, 0.2) is 5.82 Å². The third kappa shape index (κ3) is 3.67. The maximum absolute atomic E-state index is 14.0. The number of benzene rings is 1. The van der Waals surface area contributed by atoms with Crippen molar-refractivity contribution < 1.29 is 9.31 Å². The Balaban J connectivity index is 2.24. The van der Waals surface area contributed by atoms with Crippen LogP contribution in [-0.2, 0) is 5.54 Å². The number of nitro benzene ring substituents is 1. The SMILES string of the molecule is Cc1nn(C(C)(C)C)cc1C(C)Nc1ccc([N+](=O)[O-])cc1F. The van der Waals surface area contributed by atoms with Crippen LogP contribution in [-0.4, -0.2) is 14.7 Å². The van der Waals surface area contributed by atoms with Gasteiger partial charge in [0.25, 0.3) is 5.69 Å². The molecular weight excluding hydrogens is 299 g/mol. The lowest BCUT2D eigenvalue weighted by Gasteiger charge is -2.19. The van der Waals surface area contributed by atoms with Crippen LogP contribution in [0.4, 0.5) is 15.8 Å². The van der Waals surface area contributed by atoms with Crippen molar-refractivity contribution in [2.75, 3.05) is 5.32 Å². The van der Waals surface area contributed by atoms with E-state index in [2.05, 4.69) is 31.2 Å². The van der Waals surface area contributed by atoms with Crippen molar-refractivity contribution in [1.82, 2.24) is 9.78 Å².